The quantitative estimate of drug-likeness (QED) is 0.268. The van der Waals surface area contributed by atoms with Crippen LogP contribution in [0, 0.1) is 5.92 Å². The third-order valence-electron chi connectivity index (χ3n) is 5.73. The topological polar surface area (TPSA) is 57.0 Å². The second-order valence-electron chi connectivity index (χ2n) is 9.94. The Morgan fingerprint density at radius 3 is 2.42 bits per heavy atom. The van der Waals surface area contributed by atoms with Crippen LogP contribution in [0.3, 0.4) is 0 Å². The maximum Gasteiger partial charge on any atom is 0.416 e. The fourth-order valence-corrected chi connectivity index (χ4v) is 4.12. The lowest BCUT2D eigenvalue weighted by atomic mass is 9.95. The van der Waals surface area contributed by atoms with E-state index in [1.165, 1.54) is 12.1 Å². The fraction of sp³-hybridized carbons (Fsp3) is 0.321. The summed E-state index contributed by atoms with van der Waals surface area (Å²) in [4.78, 5) is 16.7. The van der Waals surface area contributed by atoms with Gasteiger partial charge in [-0.05, 0) is 73.9 Å². The van der Waals surface area contributed by atoms with Crippen molar-refractivity contribution in [1.29, 1.82) is 0 Å². The second-order valence-corrected chi connectivity index (χ2v) is 9.94. The normalized spacial score (nSPS) is 13.1. The van der Waals surface area contributed by atoms with Crippen molar-refractivity contribution in [3.8, 4) is 11.1 Å². The van der Waals surface area contributed by atoms with Crippen molar-refractivity contribution >= 4 is 16.7 Å². The van der Waals surface area contributed by atoms with Crippen molar-refractivity contribution in [2.24, 2.45) is 5.92 Å². The molecule has 2 aromatic heterocycles. The zero-order valence-electron chi connectivity index (χ0n) is 20.4. The first-order valence-electron chi connectivity index (χ1n) is 11.7. The molecule has 0 saturated heterocycles. The van der Waals surface area contributed by atoms with Crippen LogP contribution in [0.2, 0.25) is 0 Å². The van der Waals surface area contributed by atoms with Gasteiger partial charge < -0.3 is 4.74 Å². The molecule has 0 unspecified atom stereocenters. The molecule has 5 nitrogen and oxygen atoms in total. The summed E-state index contributed by atoms with van der Waals surface area (Å²) < 4.78 is 46.1. The van der Waals surface area contributed by atoms with Crippen LogP contribution in [-0.2, 0) is 28.7 Å². The van der Waals surface area contributed by atoms with Gasteiger partial charge in [0.1, 0.15) is 5.60 Å². The van der Waals surface area contributed by atoms with Crippen molar-refractivity contribution in [2.75, 3.05) is 0 Å². The maximum atomic E-state index is 13.0. The largest absolute Gasteiger partial charge is 0.460 e. The van der Waals surface area contributed by atoms with E-state index in [1.807, 2.05) is 30.6 Å². The summed E-state index contributed by atoms with van der Waals surface area (Å²) in [5.41, 5.74) is 1.33. The van der Waals surface area contributed by atoms with E-state index in [2.05, 4.69) is 16.1 Å². The van der Waals surface area contributed by atoms with E-state index in [0.717, 1.165) is 34.0 Å². The second kappa shape index (κ2) is 10.1. The first-order chi connectivity index (χ1) is 17.0. The molecule has 2 aromatic carbocycles. The number of rotatable bonds is 7. The summed E-state index contributed by atoms with van der Waals surface area (Å²) >= 11 is 0. The molecule has 36 heavy (non-hydrogen) atoms. The number of alkyl halides is 3. The number of esters is 1. The Labute approximate surface area is 207 Å². The minimum Gasteiger partial charge on any atom is -0.460 e. The van der Waals surface area contributed by atoms with Crippen molar-refractivity contribution in [2.45, 2.75) is 51.9 Å². The molecule has 0 aliphatic rings. The highest BCUT2D eigenvalue weighted by Crippen LogP contribution is 2.30. The number of ether oxygens (including phenoxy) is 1. The van der Waals surface area contributed by atoms with Crippen LogP contribution in [-0.4, -0.2) is 26.3 Å². The van der Waals surface area contributed by atoms with Gasteiger partial charge in [0.25, 0.3) is 0 Å². The Balaban J connectivity index is 1.53. The summed E-state index contributed by atoms with van der Waals surface area (Å²) in [6.07, 6.45) is 3.39. The van der Waals surface area contributed by atoms with Gasteiger partial charge in [-0.3, -0.25) is 14.5 Å². The average Bonchev–Trinajstić information content (AvgIpc) is 3.25. The predicted molar refractivity (Wildman–Crippen MR) is 132 cm³/mol. The molecule has 1 atom stereocenters. The van der Waals surface area contributed by atoms with Crippen LogP contribution in [0.1, 0.15) is 38.3 Å². The minimum absolute atomic E-state index is 0.121. The molecular weight excluding hydrogens is 467 g/mol. The molecule has 0 spiro atoms. The predicted octanol–water partition coefficient (Wildman–Crippen LogP) is 6.71. The van der Waals surface area contributed by atoms with Gasteiger partial charge >= 0.3 is 12.1 Å². The fourth-order valence-electron chi connectivity index (χ4n) is 4.12. The number of fused-ring (bicyclic) bond motifs is 1. The molecule has 4 rings (SSSR count). The van der Waals surface area contributed by atoms with Gasteiger partial charge in [0.05, 0.1) is 18.2 Å². The number of carbonyl (C=O) groups excluding carboxylic acids is 1. The van der Waals surface area contributed by atoms with E-state index in [4.69, 9.17) is 4.74 Å². The third-order valence-corrected chi connectivity index (χ3v) is 5.73. The molecule has 0 aliphatic heterocycles. The molecule has 0 N–H and O–H groups in total. The Kier molecular flexibility index (Phi) is 7.15. The molecule has 0 amide bonds. The lowest BCUT2D eigenvalue weighted by molar-refractivity contribution is -0.156. The molecule has 4 aromatic rings. The number of halogens is 3. The number of hydrogen-bond donors (Lipinski definition) is 0. The van der Waals surface area contributed by atoms with Gasteiger partial charge in [-0.1, -0.05) is 24.3 Å². The van der Waals surface area contributed by atoms with Crippen LogP contribution >= 0.6 is 0 Å². The molecule has 0 fully saturated rings. The Morgan fingerprint density at radius 1 is 0.972 bits per heavy atom. The van der Waals surface area contributed by atoms with Gasteiger partial charge in [-0.15, -0.1) is 0 Å². The van der Waals surface area contributed by atoms with E-state index >= 15 is 0 Å². The number of pyridine rings is 1. The first kappa shape index (κ1) is 25.4. The van der Waals surface area contributed by atoms with Gasteiger partial charge in [-0.25, -0.2) is 0 Å². The van der Waals surface area contributed by atoms with Crippen molar-refractivity contribution in [3.63, 3.8) is 0 Å². The van der Waals surface area contributed by atoms with Crippen LogP contribution in [0.4, 0.5) is 13.2 Å². The Morgan fingerprint density at radius 2 is 1.72 bits per heavy atom. The summed E-state index contributed by atoms with van der Waals surface area (Å²) in [6, 6.07) is 13.1. The highest BCUT2D eigenvalue weighted by Gasteiger charge is 2.30. The summed E-state index contributed by atoms with van der Waals surface area (Å²) in [7, 11) is 0. The van der Waals surface area contributed by atoms with Crippen LogP contribution in [0.25, 0.3) is 21.9 Å². The minimum atomic E-state index is -4.39. The van der Waals surface area contributed by atoms with Crippen molar-refractivity contribution < 1.29 is 22.7 Å². The van der Waals surface area contributed by atoms with Crippen molar-refractivity contribution in [3.05, 3.63) is 84.4 Å². The molecular formula is C28H28F3N3O2. The van der Waals surface area contributed by atoms with E-state index in [9.17, 15) is 18.0 Å². The molecule has 0 radical (unpaired) electrons. The van der Waals surface area contributed by atoms with Crippen LogP contribution < -0.4 is 0 Å². The summed E-state index contributed by atoms with van der Waals surface area (Å²) in [5.74, 6) is -0.568. The Bertz CT molecular complexity index is 1340. The molecule has 0 saturated carbocycles. The first-order valence-corrected chi connectivity index (χ1v) is 11.7. The lowest BCUT2D eigenvalue weighted by Crippen LogP contribution is -2.27. The SMILES string of the molecule is CC(C)(C)OC(=O)C[C@@H](Cc1ccc(C(F)(F)F)cc1)Cn1cc(-c2ccc3cnccc3c2)cn1. The number of hydrogen-bond acceptors (Lipinski definition) is 4. The lowest BCUT2D eigenvalue weighted by Gasteiger charge is -2.22. The van der Waals surface area contributed by atoms with E-state index in [0.29, 0.717) is 18.5 Å². The molecule has 2 heterocycles. The molecule has 0 aliphatic carbocycles. The van der Waals surface area contributed by atoms with E-state index in [-0.39, 0.29) is 18.3 Å². The smallest absolute Gasteiger partial charge is 0.416 e. The van der Waals surface area contributed by atoms with Crippen LogP contribution in [0.15, 0.2) is 73.3 Å². The summed E-state index contributed by atoms with van der Waals surface area (Å²) in [5, 5.41) is 6.60. The maximum absolute atomic E-state index is 13.0. The zero-order chi connectivity index (χ0) is 25.9. The third kappa shape index (κ3) is 6.71. The van der Waals surface area contributed by atoms with Gasteiger partial charge in [0.2, 0.25) is 0 Å². The zero-order valence-corrected chi connectivity index (χ0v) is 20.4. The molecule has 188 valence electrons. The van der Waals surface area contributed by atoms with E-state index < -0.39 is 17.3 Å². The standard InChI is InChI=1S/C28H28F3N3O2/c1-27(2,3)36-26(35)13-20(12-19-4-8-25(9-5-19)28(29,30)31)17-34-18-24(16-33-34)21-6-7-23-15-32-11-10-22(23)14-21/h4-11,14-16,18,20H,12-13,17H2,1-3H3/t20-/m1/s1. The van der Waals surface area contributed by atoms with Gasteiger partial charge in [-0.2, -0.15) is 18.3 Å². The average molecular weight is 496 g/mol. The molecule has 8 heteroatoms. The highest BCUT2D eigenvalue weighted by molar-refractivity contribution is 5.86. The monoisotopic (exact) mass is 495 g/mol. The van der Waals surface area contributed by atoms with E-state index in [1.54, 1.807) is 37.8 Å². The van der Waals surface area contributed by atoms with Gasteiger partial charge in [0, 0.05) is 36.1 Å². The summed E-state index contributed by atoms with van der Waals surface area (Å²) in [6.45, 7) is 5.82. The number of aromatic nitrogens is 3. The van der Waals surface area contributed by atoms with Crippen molar-refractivity contribution in [1.82, 2.24) is 14.8 Å². The van der Waals surface area contributed by atoms with Gasteiger partial charge in [0.15, 0.2) is 0 Å². The number of nitrogens with zero attached hydrogens (tertiary/aromatic N) is 3. The highest BCUT2D eigenvalue weighted by atomic mass is 19.4. The molecule has 0 bridgehead atoms. The number of carbonyl (C=O) groups is 1. The van der Waals surface area contributed by atoms with Crippen LogP contribution in [0.5, 0.6) is 0 Å². The number of benzene rings is 2. The Hall–Kier alpha value is -3.68.